The average Bonchev–Trinajstić information content (AvgIpc) is 2.43. The van der Waals surface area contributed by atoms with Crippen LogP contribution >= 0.6 is 11.3 Å². The molecule has 0 amide bonds. The highest BCUT2D eigenvalue weighted by Gasteiger charge is 2.11. The van der Waals surface area contributed by atoms with Gasteiger partial charge in [0.05, 0.1) is 5.39 Å². The Morgan fingerprint density at radius 2 is 1.85 bits per heavy atom. The normalized spacial score (nSPS) is 10.7. The summed E-state index contributed by atoms with van der Waals surface area (Å²) in [6.07, 6.45) is 1.53. The second kappa shape index (κ2) is 4.93. The summed E-state index contributed by atoms with van der Waals surface area (Å²) in [5, 5.41) is 2.95. The van der Waals surface area contributed by atoms with Gasteiger partial charge in [-0.3, -0.25) is 4.79 Å². The van der Waals surface area contributed by atoms with E-state index in [1.54, 1.807) is 12.1 Å². The Labute approximate surface area is 115 Å². The molecule has 0 atom stereocenters. The fourth-order valence-electron chi connectivity index (χ4n) is 1.68. The van der Waals surface area contributed by atoms with E-state index in [2.05, 4.69) is 15.3 Å². The van der Waals surface area contributed by atoms with Crippen LogP contribution in [0.1, 0.15) is 0 Å². The van der Waals surface area contributed by atoms with Crippen LogP contribution in [0.25, 0.3) is 10.2 Å². The van der Waals surface area contributed by atoms with Gasteiger partial charge in [0.15, 0.2) is 5.13 Å². The van der Waals surface area contributed by atoms with Gasteiger partial charge in [0.2, 0.25) is 0 Å². The zero-order valence-electron chi connectivity index (χ0n) is 9.93. The summed E-state index contributed by atoms with van der Waals surface area (Å²) in [6.45, 7) is 0. The predicted molar refractivity (Wildman–Crippen MR) is 73.3 cm³/mol. The summed E-state index contributed by atoms with van der Waals surface area (Å²) < 4.78 is 27.1. The number of rotatable bonds is 2. The van der Waals surface area contributed by atoms with Crippen molar-refractivity contribution >= 4 is 32.4 Å². The van der Waals surface area contributed by atoms with Gasteiger partial charge in [-0.2, -0.15) is 4.98 Å². The number of nitrogens with one attached hydrogen (secondary N) is 1. The van der Waals surface area contributed by atoms with Crippen molar-refractivity contribution < 1.29 is 8.78 Å². The van der Waals surface area contributed by atoms with Crippen LogP contribution in [0.3, 0.4) is 0 Å². The third-order valence-corrected chi connectivity index (χ3v) is 3.50. The molecule has 1 N–H and O–H groups in total. The number of hydrogen-bond acceptors (Lipinski definition) is 5. The maximum absolute atomic E-state index is 13.5. The fraction of sp³-hybridized carbons (Fsp3) is 0. The summed E-state index contributed by atoms with van der Waals surface area (Å²) in [7, 11) is 0. The van der Waals surface area contributed by atoms with E-state index in [1.165, 1.54) is 12.3 Å². The van der Waals surface area contributed by atoms with Crippen LogP contribution < -0.4 is 10.9 Å². The summed E-state index contributed by atoms with van der Waals surface area (Å²) >= 11 is 1.05. The minimum atomic E-state index is -0.757. The third-order valence-electron chi connectivity index (χ3n) is 2.59. The molecule has 0 saturated carbocycles. The number of hydrogen-bond donors (Lipinski definition) is 1. The topological polar surface area (TPSA) is 54.9 Å². The number of halogens is 2. The van der Waals surface area contributed by atoms with Crippen molar-refractivity contribution in [3.8, 4) is 0 Å². The van der Waals surface area contributed by atoms with E-state index >= 15 is 0 Å². The molecule has 0 aliphatic heterocycles. The monoisotopic (exact) mass is 291 g/mol. The lowest BCUT2D eigenvalue weighted by atomic mass is 10.3. The number of anilines is 2. The molecule has 0 bridgehead atoms. The number of fused-ring (bicyclic) bond motifs is 1. The van der Waals surface area contributed by atoms with Crippen LogP contribution in [0.15, 0.2) is 41.3 Å². The van der Waals surface area contributed by atoms with Gasteiger partial charge in [-0.1, -0.05) is 17.4 Å². The Morgan fingerprint density at radius 3 is 2.60 bits per heavy atom. The molecule has 3 aromatic rings. The average molecular weight is 291 g/mol. The Balaban J connectivity index is 2.10. The molecule has 7 heteroatoms. The molecule has 4 nitrogen and oxygen atoms in total. The summed E-state index contributed by atoms with van der Waals surface area (Å²) in [5.41, 5.74) is -0.836. The maximum Gasteiger partial charge on any atom is 0.282 e. The largest absolute Gasteiger partial charge is 0.327 e. The third kappa shape index (κ3) is 2.23. The molecule has 0 aliphatic carbocycles. The number of pyridine rings is 1. The second-order valence-electron chi connectivity index (χ2n) is 3.90. The highest BCUT2D eigenvalue weighted by molar-refractivity contribution is 7.21. The zero-order chi connectivity index (χ0) is 14.1. The second-order valence-corrected chi connectivity index (χ2v) is 4.88. The highest BCUT2D eigenvalue weighted by atomic mass is 32.1. The molecule has 0 fully saturated rings. The lowest BCUT2D eigenvalue weighted by Gasteiger charge is -2.07. The minimum Gasteiger partial charge on any atom is -0.327 e. The number of para-hydroxylation sites is 1. The SMILES string of the molecule is O=c1nc(Nc2c(F)cccc2F)sc2ncccc12. The first-order valence-corrected chi connectivity index (χ1v) is 6.44. The van der Waals surface area contributed by atoms with Gasteiger partial charge in [-0.25, -0.2) is 13.8 Å². The van der Waals surface area contributed by atoms with Gasteiger partial charge >= 0.3 is 0 Å². The zero-order valence-corrected chi connectivity index (χ0v) is 10.7. The first kappa shape index (κ1) is 12.6. The van der Waals surface area contributed by atoms with Crippen molar-refractivity contribution in [2.75, 3.05) is 5.32 Å². The first-order chi connectivity index (χ1) is 9.65. The summed E-state index contributed by atoms with van der Waals surface area (Å²) in [4.78, 5) is 20.0. The van der Waals surface area contributed by atoms with Gasteiger partial charge in [-0.15, -0.1) is 0 Å². The molecule has 0 radical (unpaired) electrons. The molecule has 0 saturated heterocycles. The van der Waals surface area contributed by atoms with E-state index < -0.39 is 17.2 Å². The number of nitrogens with zero attached hydrogens (tertiary/aromatic N) is 2. The summed E-state index contributed by atoms with van der Waals surface area (Å²) in [5.74, 6) is -1.51. The molecule has 20 heavy (non-hydrogen) atoms. The van der Waals surface area contributed by atoms with Gasteiger partial charge < -0.3 is 5.32 Å². The molecule has 100 valence electrons. The number of aromatic nitrogens is 2. The van der Waals surface area contributed by atoms with Crippen molar-refractivity contribution in [3.05, 3.63) is 58.5 Å². The first-order valence-electron chi connectivity index (χ1n) is 5.62. The molecular formula is C13H7F2N3OS. The van der Waals surface area contributed by atoms with E-state index in [1.807, 2.05) is 0 Å². The molecule has 3 rings (SSSR count). The lowest BCUT2D eigenvalue weighted by Crippen LogP contribution is -2.09. The molecule has 0 unspecified atom stereocenters. The highest BCUT2D eigenvalue weighted by Crippen LogP contribution is 2.25. The maximum atomic E-state index is 13.5. The van der Waals surface area contributed by atoms with Gasteiger partial charge in [0.25, 0.3) is 5.56 Å². The minimum absolute atomic E-state index is 0.0881. The van der Waals surface area contributed by atoms with E-state index in [0.717, 1.165) is 23.5 Å². The smallest absolute Gasteiger partial charge is 0.282 e. The van der Waals surface area contributed by atoms with Crippen molar-refractivity contribution in [2.45, 2.75) is 0 Å². The van der Waals surface area contributed by atoms with Crippen molar-refractivity contribution in [1.82, 2.24) is 9.97 Å². The fourth-order valence-corrected chi connectivity index (χ4v) is 2.52. The van der Waals surface area contributed by atoms with Crippen LogP contribution in [0.4, 0.5) is 19.6 Å². The van der Waals surface area contributed by atoms with E-state index in [-0.39, 0.29) is 10.8 Å². The Bertz CT molecular complexity index is 830. The molecule has 1 aromatic carbocycles. The quantitative estimate of drug-likeness (QED) is 0.788. The van der Waals surface area contributed by atoms with E-state index in [0.29, 0.717) is 10.2 Å². The predicted octanol–water partition coefficient (Wildman–Crippen LogP) is 3.07. The summed E-state index contributed by atoms with van der Waals surface area (Å²) in [6, 6.07) is 6.72. The van der Waals surface area contributed by atoms with Gasteiger partial charge in [0, 0.05) is 6.20 Å². The van der Waals surface area contributed by atoms with Crippen molar-refractivity contribution in [1.29, 1.82) is 0 Å². The Hall–Kier alpha value is -2.41. The molecule has 2 heterocycles. The van der Waals surface area contributed by atoms with Crippen LogP contribution in [-0.2, 0) is 0 Å². The number of benzene rings is 1. The van der Waals surface area contributed by atoms with Crippen LogP contribution in [0.5, 0.6) is 0 Å². The van der Waals surface area contributed by atoms with Crippen LogP contribution in [-0.4, -0.2) is 9.97 Å². The van der Waals surface area contributed by atoms with Gasteiger partial charge in [0.1, 0.15) is 22.2 Å². The van der Waals surface area contributed by atoms with Crippen LogP contribution in [0.2, 0.25) is 0 Å². The van der Waals surface area contributed by atoms with E-state index in [4.69, 9.17) is 0 Å². The van der Waals surface area contributed by atoms with Crippen LogP contribution in [0, 0.1) is 11.6 Å². The molecular weight excluding hydrogens is 284 g/mol. The van der Waals surface area contributed by atoms with E-state index in [9.17, 15) is 13.6 Å². The van der Waals surface area contributed by atoms with Crippen molar-refractivity contribution in [3.63, 3.8) is 0 Å². The van der Waals surface area contributed by atoms with Crippen molar-refractivity contribution in [2.24, 2.45) is 0 Å². The lowest BCUT2D eigenvalue weighted by molar-refractivity contribution is 0.590. The molecule has 0 spiro atoms. The molecule has 0 aliphatic rings. The molecule has 2 aromatic heterocycles. The standard InChI is InChI=1S/C13H7F2N3OS/c14-8-4-1-5-9(15)10(8)17-13-18-11(19)7-3-2-6-16-12(7)20-13/h1-6H,(H,17,18,19). The van der Waals surface area contributed by atoms with Gasteiger partial charge in [-0.05, 0) is 24.3 Å². The Morgan fingerprint density at radius 1 is 1.10 bits per heavy atom. The Kier molecular flexibility index (Phi) is 3.11.